The van der Waals surface area contributed by atoms with Gasteiger partial charge in [0.15, 0.2) is 0 Å². The van der Waals surface area contributed by atoms with Gasteiger partial charge in [0, 0.05) is 31.2 Å². The molecule has 1 heterocycles. The van der Waals surface area contributed by atoms with Crippen molar-refractivity contribution in [1.29, 1.82) is 0 Å². The van der Waals surface area contributed by atoms with E-state index in [1.165, 1.54) is 12.1 Å². The first-order valence-corrected chi connectivity index (χ1v) is 7.46. The van der Waals surface area contributed by atoms with Crippen LogP contribution in [0, 0.1) is 0 Å². The summed E-state index contributed by atoms with van der Waals surface area (Å²) >= 11 is 0. The SMILES string of the molecule is FC(F)(F)c1cccc(CNCc2ccc(-n3ccnc3)cc2)c1. The first-order valence-electron chi connectivity index (χ1n) is 7.46. The molecule has 0 aliphatic carbocycles. The topological polar surface area (TPSA) is 29.9 Å². The summed E-state index contributed by atoms with van der Waals surface area (Å²) in [4.78, 5) is 4.00. The molecule has 0 fully saturated rings. The van der Waals surface area contributed by atoms with E-state index in [1.54, 1.807) is 18.6 Å². The molecular weight excluding hydrogens is 315 g/mol. The van der Waals surface area contributed by atoms with Crippen LogP contribution in [-0.4, -0.2) is 9.55 Å². The molecule has 3 nitrogen and oxygen atoms in total. The molecule has 24 heavy (non-hydrogen) atoms. The highest BCUT2D eigenvalue weighted by Gasteiger charge is 2.30. The van der Waals surface area contributed by atoms with Gasteiger partial charge in [-0.15, -0.1) is 0 Å². The number of imidazole rings is 1. The summed E-state index contributed by atoms with van der Waals surface area (Å²) in [6, 6.07) is 13.3. The van der Waals surface area contributed by atoms with Crippen LogP contribution in [0.5, 0.6) is 0 Å². The largest absolute Gasteiger partial charge is 0.416 e. The highest BCUT2D eigenvalue weighted by molar-refractivity contribution is 5.34. The molecule has 0 aliphatic heterocycles. The third-order valence-corrected chi connectivity index (χ3v) is 3.65. The summed E-state index contributed by atoms with van der Waals surface area (Å²) in [5.41, 5.74) is 2.06. The molecule has 0 saturated carbocycles. The van der Waals surface area contributed by atoms with Gasteiger partial charge in [0.1, 0.15) is 0 Å². The van der Waals surface area contributed by atoms with Crippen molar-refractivity contribution in [3.63, 3.8) is 0 Å². The molecule has 3 aromatic rings. The van der Waals surface area contributed by atoms with E-state index >= 15 is 0 Å². The third kappa shape index (κ3) is 4.02. The van der Waals surface area contributed by atoms with Crippen molar-refractivity contribution in [2.24, 2.45) is 0 Å². The highest BCUT2D eigenvalue weighted by atomic mass is 19.4. The Morgan fingerprint density at radius 3 is 2.38 bits per heavy atom. The van der Waals surface area contributed by atoms with Crippen molar-refractivity contribution in [3.8, 4) is 5.69 Å². The van der Waals surface area contributed by atoms with Crippen LogP contribution in [0.2, 0.25) is 0 Å². The van der Waals surface area contributed by atoms with Crippen molar-refractivity contribution >= 4 is 0 Å². The van der Waals surface area contributed by atoms with Gasteiger partial charge in [0.2, 0.25) is 0 Å². The fraction of sp³-hybridized carbons (Fsp3) is 0.167. The molecule has 0 unspecified atom stereocenters. The van der Waals surface area contributed by atoms with Gasteiger partial charge in [-0.3, -0.25) is 0 Å². The molecule has 1 N–H and O–H groups in total. The summed E-state index contributed by atoms with van der Waals surface area (Å²) in [6.45, 7) is 0.966. The summed E-state index contributed by atoms with van der Waals surface area (Å²) in [5, 5.41) is 3.16. The lowest BCUT2D eigenvalue weighted by atomic mass is 10.1. The number of halogens is 3. The number of nitrogens with one attached hydrogen (secondary N) is 1. The van der Waals surface area contributed by atoms with Gasteiger partial charge in [-0.25, -0.2) is 4.98 Å². The average molecular weight is 331 g/mol. The van der Waals surface area contributed by atoms with Gasteiger partial charge in [0.05, 0.1) is 11.9 Å². The molecule has 0 amide bonds. The standard InChI is InChI=1S/C18H16F3N3/c19-18(20,21)16-3-1-2-15(10-16)12-23-11-14-4-6-17(7-5-14)24-9-8-22-13-24/h1-10,13,23H,11-12H2. The number of benzene rings is 2. The molecule has 0 bridgehead atoms. The lowest BCUT2D eigenvalue weighted by Crippen LogP contribution is -2.13. The van der Waals surface area contributed by atoms with Crippen molar-refractivity contribution in [2.75, 3.05) is 0 Å². The first kappa shape index (κ1) is 16.3. The lowest BCUT2D eigenvalue weighted by Gasteiger charge is -2.10. The molecule has 2 aromatic carbocycles. The Hall–Kier alpha value is -2.60. The Bertz CT molecular complexity index is 778. The van der Waals surface area contributed by atoms with Crippen LogP contribution in [0.4, 0.5) is 13.2 Å². The zero-order valence-electron chi connectivity index (χ0n) is 12.8. The van der Waals surface area contributed by atoms with Crippen LogP contribution < -0.4 is 5.32 Å². The fourth-order valence-corrected chi connectivity index (χ4v) is 2.41. The minimum Gasteiger partial charge on any atom is -0.309 e. The first-order chi connectivity index (χ1) is 11.5. The van der Waals surface area contributed by atoms with E-state index in [2.05, 4.69) is 10.3 Å². The van der Waals surface area contributed by atoms with Gasteiger partial charge < -0.3 is 9.88 Å². The maximum atomic E-state index is 12.7. The van der Waals surface area contributed by atoms with Crippen molar-refractivity contribution < 1.29 is 13.2 Å². The van der Waals surface area contributed by atoms with E-state index in [4.69, 9.17) is 0 Å². The molecule has 0 atom stereocenters. The van der Waals surface area contributed by atoms with Crippen LogP contribution in [0.15, 0.2) is 67.3 Å². The predicted molar refractivity (Wildman–Crippen MR) is 85.6 cm³/mol. The maximum absolute atomic E-state index is 12.7. The van der Waals surface area contributed by atoms with Gasteiger partial charge in [-0.1, -0.05) is 30.3 Å². The number of hydrogen-bond donors (Lipinski definition) is 1. The molecule has 6 heteroatoms. The Kier molecular flexibility index (Phi) is 4.66. The van der Waals surface area contributed by atoms with Crippen LogP contribution in [-0.2, 0) is 19.3 Å². The number of aromatic nitrogens is 2. The van der Waals surface area contributed by atoms with E-state index in [-0.39, 0.29) is 0 Å². The van der Waals surface area contributed by atoms with Crippen LogP contribution in [0.1, 0.15) is 16.7 Å². The lowest BCUT2D eigenvalue weighted by molar-refractivity contribution is -0.137. The second-order valence-electron chi connectivity index (χ2n) is 5.44. The number of nitrogens with zero attached hydrogens (tertiary/aromatic N) is 2. The average Bonchev–Trinajstić information content (AvgIpc) is 3.10. The zero-order chi connectivity index (χ0) is 17.0. The number of rotatable bonds is 5. The van der Waals surface area contributed by atoms with Gasteiger partial charge in [0.25, 0.3) is 0 Å². The van der Waals surface area contributed by atoms with Crippen molar-refractivity contribution in [2.45, 2.75) is 19.3 Å². The van der Waals surface area contributed by atoms with Crippen LogP contribution in [0.25, 0.3) is 5.69 Å². The summed E-state index contributed by atoms with van der Waals surface area (Å²) in [5.74, 6) is 0. The van der Waals surface area contributed by atoms with Crippen LogP contribution in [0.3, 0.4) is 0 Å². The zero-order valence-corrected chi connectivity index (χ0v) is 12.8. The second-order valence-corrected chi connectivity index (χ2v) is 5.44. The van der Waals surface area contributed by atoms with E-state index < -0.39 is 11.7 Å². The fourth-order valence-electron chi connectivity index (χ4n) is 2.41. The summed E-state index contributed by atoms with van der Waals surface area (Å²) < 4.78 is 40.0. The summed E-state index contributed by atoms with van der Waals surface area (Å²) in [6.07, 6.45) is 0.992. The van der Waals surface area contributed by atoms with E-state index in [0.717, 1.165) is 17.3 Å². The highest BCUT2D eigenvalue weighted by Crippen LogP contribution is 2.29. The molecule has 0 aliphatic rings. The molecule has 0 radical (unpaired) electrons. The van der Waals surface area contributed by atoms with Crippen molar-refractivity contribution in [1.82, 2.24) is 14.9 Å². The minimum atomic E-state index is -4.31. The van der Waals surface area contributed by atoms with E-state index in [0.29, 0.717) is 18.7 Å². The number of hydrogen-bond acceptors (Lipinski definition) is 2. The molecule has 0 spiro atoms. The predicted octanol–water partition coefficient (Wildman–Crippen LogP) is 4.18. The Labute approximate surface area is 137 Å². The third-order valence-electron chi connectivity index (χ3n) is 3.65. The molecular formula is C18H16F3N3. The minimum absolute atomic E-state index is 0.382. The molecule has 124 valence electrons. The van der Waals surface area contributed by atoms with Crippen molar-refractivity contribution in [3.05, 3.63) is 83.9 Å². The molecule has 1 aromatic heterocycles. The van der Waals surface area contributed by atoms with Gasteiger partial charge in [-0.05, 0) is 29.3 Å². The van der Waals surface area contributed by atoms with Gasteiger partial charge in [-0.2, -0.15) is 13.2 Å². The normalized spacial score (nSPS) is 11.6. The smallest absolute Gasteiger partial charge is 0.309 e. The molecule has 3 rings (SSSR count). The Morgan fingerprint density at radius 1 is 0.958 bits per heavy atom. The van der Waals surface area contributed by atoms with Gasteiger partial charge >= 0.3 is 6.18 Å². The van der Waals surface area contributed by atoms with E-state index in [9.17, 15) is 13.2 Å². The van der Waals surface area contributed by atoms with Crippen LogP contribution >= 0.6 is 0 Å². The maximum Gasteiger partial charge on any atom is 0.416 e. The quantitative estimate of drug-likeness (QED) is 0.760. The van der Waals surface area contributed by atoms with E-state index in [1.807, 2.05) is 35.0 Å². The Morgan fingerprint density at radius 2 is 1.71 bits per heavy atom. The monoisotopic (exact) mass is 331 g/mol. The number of alkyl halides is 3. The summed E-state index contributed by atoms with van der Waals surface area (Å²) in [7, 11) is 0. The second kappa shape index (κ2) is 6.88. The Balaban J connectivity index is 1.57. The molecule has 0 saturated heterocycles.